The Balaban J connectivity index is 1.54. The molecule has 0 atom stereocenters. The number of aromatic hydroxyl groups is 1. The molecular weight excluding hydrogens is 566 g/mol. The van der Waals surface area contributed by atoms with E-state index in [4.69, 9.17) is 32.5 Å². The second-order valence-electron chi connectivity index (χ2n) is 9.85. The Kier molecular flexibility index (Phi) is 7.75. The maximum atomic E-state index is 14.2. The van der Waals surface area contributed by atoms with Gasteiger partial charge in [-0.3, -0.25) is 9.36 Å². The zero-order valence-electron chi connectivity index (χ0n) is 22.9. The number of aromatic nitrogens is 6. The number of benzene rings is 3. The molecule has 0 fully saturated rings. The van der Waals surface area contributed by atoms with Crippen molar-refractivity contribution in [2.45, 2.75) is 25.9 Å². The van der Waals surface area contributed by atoms with E-state index in [0.29, 0.717) is 62.4 Å². The van der Waals surface area contributed by atoms with Crippen LogP contribution >= 0.6 is 11.6 Å². The van der Waals surface area contributed by atoms with Crippen LogP contribution in [-0.2, 0) is 13.1 Å². The molecule has 0 aliphatic heterocycles. The van der Waals surface area contributed by atoms with Crippen molar-refractivity contribution in [3.63, 3.8) is 0 Å². The van der Waals surface area contributed by atoms with Gasteiger partial charge in [0.15, 0.2) is 5.65 Å². The van der Waals surface area contributed by atoms with Gasteiger partial charge in [0.05, 0.1) is 22.8 Å². The summed E-state index contributed by atoms with van der Waals surface area (Å²) in [6.07, 6.45) is 2.42. The zero-order chi connectivity index (χ0) is 29.9. The SMILES string of the molecule is Nc1ncnc2c1c(-c1ccc(O)cc1)nn2Cc1nc2cccc(C#CCCCO)c2c(=O)n1Cc1ccccc1Cl. The third-order valence-corrected chi connectivity index (χ3v) is 7.39. The fourth-order valence-electron chi connectivity index (χ4n) is 4.92. The maximum absolute atomic E-state index is 14.2. The number of hydrogen-bond donors (Lipinski definition) is 3. The van der Waals surface area contributed by atoms with Gasteiger partial charge in [-0.25, -0.2) is 19.6 Å². The number of nitrogen functional groups attached to an aromatic ring is 1. The molecule has 4 N–H and O–H groups in total. The fourth-order valence-corrected chi connectivity index (χ4v) is 5.11. The molecule has 0 aliphatic carbocycles. The van der Waals surface area contributed by atoms with E-state index in [1.54, 1.807) is 51.7 Å². The van der Waals surface area contributed by atoms with Crippen molar-refractivity contribution in [2.75, 3.05) is 12.3 Å². The van der Waals surface area contributed by atoms with E-state index in [1.165, 1.54) is 6.33 Å². The van der Waals surface area contributed by atoms with Crippen molar-refractivity contribution in [2.24, 2.45) is 0 Å². The van der Waals surface area contributed by atoms with E-state index in [2.05, 4.69) is 21.8 Å². The van der Waals surface area contributed by atoms with Crippen molar-refractivity contribution >= 4 is 39.4 Å². The molecule has 6 aromatic rings. The van der Waals surface area contributed by atoms with Crippen LogP contribution in [0.4, 0.5) is 5.82 Å². The number of nitrogens with two attached hydrogens (primary N) is 1. The molecule has 0 bridgehead atoms. The maximum Gasteiger partial charge on any atom is 0.263 e. The lowest BCUT2D eigenvalue weighted by molar-refractivity contribution is 0.290. The lowest BCUT2D eigenvalue weighted by Gasteiger charge is -2.15. The molecule has 0 aliphatic rings. The van der Waals surface area contributed by atoms with Crippen LogP contribution in [0.5, 0.6) is 5.75 Å². The minimum absolute atomic E-state index is 0.0485. The molecule has 0 saturated carbocycles. The quantitative estimate of drug-likeness (QED) is 0.183. The molecule has 10 nitrogen and oxygen atoms in total. The third kappa shape index (κ3) is 5.51. The molecule has 214 valence electrons. The number of phenols is 1. The van der Waals surface area contributed by atoms with Gasteiger partial charge in [0, 0.05) is 29.2 Å². The number of aliphatic hydroxyl groups excluding tert-OH is 1. The fraction of sp³-hybridized carbons (Fsp3) is 0.156. The first-order chi connectivity index (χ1) is 20.9. The highest BCUT2D eigenvalue weighted by Gasteiger charge is 2.21. The average Bonchev–Trinajstić information content (AvgIpc) is 3.38. The topological polar surface area (TPSA) is 145 Å². The number of aliphatic hydroxyl groups is 1. The normalized spacial score (nSPS) is 11.1. The van der Waals surface area contributed by atoms with Crippen LogP contribution < -0.4 is 11.3 Å². The monoisotopic (exact) mass is 591 g/mol. The van der Waals surface area contributed by atoms with Crippen LogP contribution in [0.2, 0.25) is 5.02 Å². The predicted octanol–water partition coefficient (Wildman–Crippen LogP) is 4.37. The van der Waals surface area contributed by atoms with Gasteiger partial charge in [0.25, 0.3) is 5.56 Å². The number of unbranched alkanes of at least 4 members (excludes halogenated alkanes) is 1. The predicted molar refractivity (Wildman–Crippen MR) is 166 cm³/mol. The first-order valence-electron chi connectivity index (χ1n) is 13.6. The minimum atomic E-state index is -0.267. The van der Waals surface area contributed by atoms with E-state index in [1.807, 2.05) is 24.3 Å². The summed E-state index contributed by atoms with van der Waals surface area (Å²) in [4.78, 5) is 27.8. The summed E-state index contributed by atoms with van der Waals surface area (Å²) in [6.45, 7) is 0.310. The van der Waals surface area contributed by atoms with Crippen LogP contribution in [0.1, 0.15) is 29.8 Å². The van der Waals surface area contributed by atoms with Crippen molar-refractivity contribution in [1.82, 2.24) is 29.3 Å². The van der Waals surface area contributed by atoms with Gasteiger partial charge >= 0.3 is 0 Å². The Bertz CT molecular complexity index is 2090. The van der Waals surface area contributed by atoms with Crippen LogP contribution in [0.15, 0.2) is 77.9 Å². The van der Waals surface area contributed by atoms with E-state index in [9.17, 15) is 9.90 Å². The molecule has 0 spiro atoms. The highest BCUT2D eigenvalue weighted by Crippen LogP contribution is 2.31. The van der Waals surface area contributed by atoms with Crippen LogP contribution in [0.3, 0.4) is 0 Å². The van der Waals surface area contributed by atoms with Crippen molar-refractivity contribution < 1.29 is 10.2 Å². The summed E-state index contributed by atoms with van der Waals surface area (Å²) in [5, 5.41) is 25.2. The molecule has 3 aromatic carbocycles. The molecule has 6 rings (SSSR count). The number of fused-ring (bicyclic) bond motifs is 2. The summed E-state index contributed by atoms with van der Waals surface area (Å²) in [5.41, 5.74) is 9.55. The third-order valence-electron chi connectivity index (χ3n) is 7.02. The van der Waals surface area contributed by atoms with E-state index < -0.39 is 0 Å². The van der Waals surface area contributed by atoms with Gasteiger partial charge in [0.1, 0.15) is 36.0 Å². The molecule has 0 amide bonds. The highest BCUT2D eigenvalue weighted by atomic mass is 35.5. The number of nitrogens with zero attached hydrogens (tertiary/aromatic N) is 6. The van der Waals surface area contributed by atoms with Gasteiger partial charge in [0.2, 0.25) is 0 Å². The number of halogens is 1. The Morgan fingerprint density at radius 3 is 2.56 bits per heavy atom. The summed E-state index contributed by atoms with van der Waals surface area (Å²) in [5.74, 6) is 6.93. The van der Waals surface area contributed by atoms with E-state index >= 15 is 0 Å². The van der Waals surface area contributed by atoms with Crippen molar-refractivity contribution in [1.29, 1.82) is 0 Å². The zero-order valence-corrected chi connectivity index (χ0v) is 23.7. The summed E-state index contributed by atoms with van der Waals surface area (Å²) < 4.78 is 3.23. The lowest BCUT2D eigenvalue weighted by Crippen LogP contribution is -2.28. The molecule has 3 heterocycles. The molecule has 43 heavy (non-hydrogen) atoms. The Labute approximate surface area is 251 Å². The standard InChI is InChI=1S/C32H26ClN7O3/c33-24-10-4-3-8-22(24)17-39-26(37-25-11-6-9-20(27(25)32(39)43)7-2-1-5-16-41)18-40-31-28(30(34)35-19-36-31)29(38-40)21-12-14-23(42)15-13-21/h3-4,6,8-15,19,41-42H,1,5,16-18H2,(H2,34,35,36). The second kappa shape index (κ2) is 11.9. The van der Waals surface area contributed by atoms with Gasteiger partial charge < -0.3 is 15.9 Å². The van der Waals surface area contributed by atoms with Gasteiger partial charge in [-0.1, -0.05) is 47.7 Å². The first kappa shape index (κ1) is 27.9. The summed E-state index contributed by atoms with van der Waals surface area (Å²) in [6, 6.07) is 19.3. The molecule has 11 heteroatoms. The number of rotatable bonds is 7. The molecule has 0 unspecified atom stereocenters. The average molecular weight is 592 g/mol. The molecular formula is C32H26ClN7O3. The Morgan fingerprint density at radius 2 is 1.77 bits per heavy atom. The number of anilines is 1. The van der Waals surface area contributed by atoms with Gasteiger partial charge in [-0.2, -0.15) is 5.10 Å². The number of hydrogen-bond acceptors (Lipinski definition) is 8. The Hall–Kier alpha value is -5.24. The van der Waals surface area contributed by atoms with Gasteiger partial charge in [-0.05, 0) is 54.4 Å². The van der Waals surface area contributed by atoms with Crippen LogP contribution in [0.25, 0.3) is 33.2 Å². The highest BCUT2D eigenvalue weighted by molar-refractivity contribution is 6.31. The van der Waals surface area contributed by atoms with Crippen molar-refractivity contribution in [3.8, 4) is 28.8 Å². The van der Waals surface area contributed by atoms with E-state index in [-0.39, 0.29) is 36.8 Å². The summed E-state index contributed by atoms with van der Waals surface area (Å²) in [7, 11) is 0. The van der Waals surface area contributed by atoms with Crippen LogP contribution in [-0.4, -0.2) is 46.1 Å². The number of phenolic OH excluding ortho intramolecular Hbond substituents is 1. The lowest BCUT2D eigenvalue weighted by atomic mass is 10.1. The van der Waals surface area contributed by atoms with Crippen molar-refractivity contribution in [3.05, 3.63) is 105 Å². The molecule has 0 saturated heterocycles. The van der Waals surface area contributed by atoms with E-state index in [0.717, 1.165) is 5.56 Å². The summed E-state index contributed by atoms with van der Waals surface area (Å²) >= 11 is 6.52. The smallest absolute Gasteiger partial charge is 0.263 e. The van der Waals surface area contributed by atoms with Gasteiger partial charge in [-0.15, -0.1) is 0 Å². The molecule has 0 radical (unpaired) electrons. The Morgan fingerprint density at radius 1 is 0.953 bits per heavy atom. The second-order valence-corrected chi connectivity index (χ2v) is 10.3. The first-order valence-corrected chi connectivity index (χ1v) is 13.9. The molecule has 3 aromatic heterocycles. The largest absolute Gasteiger partial charge is 0.508 e. The minimum Gasteiger partial charge on any atom is -0.508 e. The van der Waals surface area contributed by atoms with Crippen LogP contribution in [0, 0.1) is 11.8 Å².